The maximum Gasteiger partial charge on any atom is 0.472 e. The van der Waals surface area contributed by atoms with Crippen LogP contribution in [0.4, 0.5) is 0 Å². The van der Waals surface area contributed by atoms with Crippen molar-refractivity contribution in [2.75, 3.05) is 19.8 Å². The lowest BCUT2D eigenvalue weighted by Gasteiger charge is -2.41. The maximum absolute atomic E-state index is 12.8. The third-order valence-electron chi connectivity index (χ3n) is 12.0. The number of aliphatic hydroxyl groups is 5. The number of carbonyl (C=O) groups excluding carboxylic acids is 1. The van der Waals surface area contributed by atoms with E-state index >= 15 is 0 Å². The molecule has 0 aliphatic heterocycles. The number of phosphoric acid groups is 1. The number of hydrogen-bond acceptors (Lipinski definition) is 11. The highest BCUT2D eigenvalue weighted by molar-refractivity contribution is 7.47. The molecule has 0 radical (unpaired) electrons. The van der Waals surface area contributed by atoms with Gasteiger partial charge in [0.1, 0.15) is 42.7 Å². The van der Waals surface area contributed by atoms with Crippen molar-refractivity contribution in [2.24, 2.45) is 0 Å². The summed E-state index contributed by atoms with van der Waals surface area (Å²) in [6.45, 7) is 4.31. The molecule has 0 aromatic heterocycles. The molecule has 1 fully saturated rings. The Balaban J connectivity index is 2.34. The Labute approximate surface area is 365 Å². The van der Waals surface area contributed by atoms with Gasteiger partial charge in [-0.05, 0) is 12.8 Å². The largest absolute Gasteiger partial charge is 0.472 e. The van der Waals surface area contributed by atoms with E-state index in [-0.39, 0.29) is 13.0 Å². The van der Waals surface area contributed by atoms with Gasteiger partial charge in [0.05, 0.1) is 13.2 Å². The average molecular weight is 881 g/mol. The summed E-state index contributed by atoms with van der Waals surface area (Å²) in [6, 6.07) is 0. The Kier molecular flexibility index (Phi) is 37.1. The summed E-state index contributed by atoms with van der Waals surface area (Å²) in [4.78, 5) is 23.2. The van der Waals surface area contributed by atoms with E-state index in [1.807, 2.05) is 0 Å². The second-order valence-corrected chi connectivity index (χ2v) is 19.1. The predicted octanol–water partition coefficient (Wildman–Crippen LogP) is 10.5. The number of esters is 1. The van der Waals surface area contributed by atoms with E-state index in [0.29, 0.717) is 13.0 Å². The zero-order valence-corrected chi connectivity index (χ0v) is 39.2. The van der Waals surface area contributed by atoms with Crippen LogP contribution in [0.1, 0.15) is 232 Å². The standard InChI is InChI=1S/C47H93O12P/c1-3-5-7-9-11-13-15-17-19-21-22-24-26-28-30-32-34-36-41(48)58-40(39-57-60(54,55)59-47-45(52)43(50)42(49)44(51)46(47)53)38-56-37-35-33-31-29-27-25-23-20-18-16-14-12-10-8-6-4-2/h40,42-47,49-53H,3-39H2,1-2H3,(H,54,55). The Morgan fingerprint density at radius 1 is 0.467 bits per heavy atom. The first-order valence-corrected chi connectivity index (χ1v) is 26.4. The van der Waals surface area contributed by atoms with E-state index in [9.17, 15) is 39.8 Å². The predicted molar refractivity (Wildman–Crippen MR) is 240 cm³/mol. The van der Waals surface area contributed by atoms with E-state index in [4.69, 9.17) is 18.5 Å². The second kappa shape index (κ2) is 38.8. The van der Waals surface area contributed by atoms with Crippen LogP contribution >= 0.6 is 7.82 Å². The third-order valence-corrected chi connectivity index (χ3v) is 13.0. The number of hydrogen-bond donors (Lipinski definition) is 6. The van der Waals surface area contributed by atoms with Crippen molar-refractivity contribution in [1.29, 1.82) is 0 Å². The van der Waals surface area contributed by atoms with Crippen molar-refractivity contribution in [3.05, 3.63) is 0 Å². The summed E-state index contributed by atoms with van der Waals surface area (Å²) in [6.07, 6.45) is 28.8. The van der Waals surface area contributed by atoms with Crippen LogP contribution in [0.15, 0.2) is 0 Å². The second-order valence-electron chi connectivity index (χ2n) is 17.7. The molecule has 1 aliphatic carbocycles. The van der Waals surface area contributed by atoms with Crippen molar-refractivity contribution in [3.63, 3.8) is 0 Å². The minimum atomic E-state index is -5.01. The van der Waals surface area contributed by atoms with Crippen molar-refractivity contribution < 1.29 is 58.3 Å². The van der Waals surface area contributed by atoms with Crippen LogP contribution in [-0.2, 0) is 27.9 Å². The molecule has 1 saturated carbocycles. The van der Waals surface area contributed by atoms with Gasteiger partial charge in [-0.25, -0.2) is 4.57 Å². The van der Waals surface area contributed by atoms with Gasteiger partial charge in [0, 0.05) is 13.0 Å². The molecule has 0 heterocycles. The molecule has 13 heteroatoms. The number of carbonyl (C=O) groups is 1. The van der Waals surface area contributed by atoms with Crippen LogP contribution < -0.4 is 0 Å². The van der Waals surface area contributed by atoms with Crippen LogP contribution in [0.3, 0.4) is 0 Å². The zero-order valence-electron chi connectivity index (χ0n) is 38.3. The van der Waals surface area contributed by atoms with Gasteiger partial charge in [-0.1, -0.05) is 213 Å². The molecule has 0 aromatic rings. The van der Waals surface area contributed by atoms with Crippen LogP contribution in [0, 0.1) is 0 Å². The number of ether oxygens (including phenoxy) is 2. The molecule has 60 heavy (non-hydrogen) atoms. The fraction of sp³-hybridized carbons (Fsp3) is 0.979. The molecular formula is C47H93O12P. The van der Waals surface area contributed by atoms with Crippen LogP contribution in [0.5, 0.6) is 0 Å². The summed E-state index contributed by atoms with van der Waals surface area (Å²) in [5, 5.41) is 50.2. The first-order chi connectivity index (χ1) is 29.0. The number of aliphatic hydroxyl groups excluding tert-OH is 5. The van der Waals surface area contributed by atoms with Gasteiger partial charge < -0.3 is 39.9 Å². The topological polar surface area (TPSA) is 192 Å². The van der Waals surface area contributed by atoms with Crippen LogP contribution in [0.2, 0.25) is 0 Å². The van der Waals surface area contributed by atoms with Gasteiger partial charge >= 0.3 is 13.8 Å². The molecule has 0 aromatic carbocycles. The van der Waals surface area contributed by atoms with Crippen molar-refractivity contribution >= 4 is 13.8 Å². The van der Waals surface area contributed by atoms with Crippen molar-refractivity contribution in [1.82, 2.24) is 0 Å². The van der Waals surface area contributed by atoms with Crippen LogP contribution in [-0.4, -0.2) is 98.9 Å². The Hall–Kier alpha value is -0.660. The quantitative estimate of drug-likeness (QED) is 0.0193. The lowest BCUT2D eigenvalue weighted by atomic mass is 9.85. The first kappa shape index (κ1) is 57.4. The van der Waals surface area contributed by atoms with E-state index in [0.717, 1.165) is 38.5 Å². The molecule has 12 nitrogen and oxygen atoms in total. The summed E-state index contributed by atoms with van der Waals surface area (Å²) in [5.74, 6) is -0.470. The van der Waals surface area contributed by atoms with Gasteiger partial charge in [0.2, 0.25) is 0 Å². The number of phosphoric ester groups is 1. The number of unbranched alkanes of at least 4 members (excludes halogenated alkanes) is 31. The minimum Gasteiger partial charge on any atom is -0.457 e. The molecule has 1 rings (SSSR count). The van der Waals surface area contributed by atoms with Gasteiger partial charge in [0.25, 0.3) is 0 Å². The molecule has 1 aliphatic rings. The molecule has 6 atom stereocenters. The van der Waals surface area contributed by atoms with Gasteiger partial charge in [-0.2, -0.15) is 0 Å². The minimum absolute atomic E-state index is 0.0676. The van der Waals surface area contributed by atoms with Gasteiger partial charge in [0.15, 0.2) is 0 Å². The third kappa shape index (κ3) is 30.4. The highest BCUT2D eigenvalue weighted by Gasteiger charge is 2.51. The SMILES string of the molecule is CCCCCCCCCCCCCCCCCCCC(=O)OC(COCCCCCCCCCCCCCCCCCC)COP(=O)(O)OC1C(O)C(O)C(O)C(O)C1O. The Bertz CT molecular complexity index is 1000. The van der Waals surface area contributed by atoms with E-state index in [1.165, 1.54) is 167 Å². The van der Waals surface area contributed by atoms with E-state index < -0.39 is 63.1 Å². The average Bonchev–Trinajstić information content (AvgIpc) is 3.23. The molecule has 6 N–H and O–H groups in total. The summed E-state index contributed by atoms with van der Waals surface area (Å²) in [5.41, 5.74) is 0. The first-order valence-electron chi connectivity index (χ1n) is 24.9. The fourth-order valence-corrected chi connectivity index (χ4v) is 8.98. The summed E-state index contributed by atoms with van der Waals surface area (Å²) < 4.78 is 34.3. The molecule has 0 spiro atoms. The summed E-state index contributed by atoms with van der Waals surface area (Å²) >= 11 is 0. The molecule has 0 bridgehead atoms. The molecule has 0 saturated heterocycles. The summed E-state index contributed by atoms with van der Waals surface area (Å²) in [7, 11) is -5.01. The molecule has 358 valence electrons. The van der Waals surface area contributed by atoms with E-state index in [1.54, 1.807) is 0 Å². The lowest BCUT2D eigenvalue weighted by Crippen LogP contribution is -2.64. The Morgan fingerprint density at radius 2 is 0.783 bits per heavy atom. The molecular weight excluding hydrogens is 787 g/mol. The highest BCUT2D eigenvalue weighted by Crippen LogP contribution is 2.47. The monoisotopic (exact) mass is 881 g/mol. The smallest absolute Gasteiger partial charge is 0.457 e. The van der Waals surface area contributed by atoms with Gasteiger partial charge in [-0.3, -0.25) is 13.8 Å². The number of rotatable bonds is 43. The molecule has 6 unspecified atom stereocenters. The lowest BCUT2D eigenvalue weighted by molar-refractivity contribution is -0.220. The van der Waals surface area contributed by atoms with Crippen LogP contribution in [0.25, 0.3) is 0 Å². The zero-order chi connectivity index (χ0) is 44.1. The van der Waals surface area contributed by atoms with Gasteiger partial charge in [-0.15, -0.1) is 0 Å². The van der Waals surface area contributed by atoms with Crippen molar-refractivity contribution in [2.45, 2.75) is 275 Å². The highest BCUT2D eigenvalue weighted by atomic mass is 31.2. The molecule has 0 amide bonds. The maximum atomic E-state index is 12.8. The fourth-order valence-electron chi connectivity index (χ4n) is 8.01. The van der Waals surface area contributed by atoms with E-state index in [2.05, 4.69) is 13.8 Å². The van der Waals surface area contributed by atoms with Crippen molar-refractivity contribution in [3.8, 4) is 0 Å². The normalized spacial score (nSPS) is 22.2. The Morgan fingerprint density at radius 3 is 1.15 bits per heavy atom.